The summed E-state index contributed by atoms with van der Waals surface area (Å²) in [5.74, 6) is 0. The summed E-state index contributed by atoms with van der Waals surface area (Å²) in [6.07, 6.45) is -4.37. The maximum atomic E-state index is 12.6. The maximum Gasteiger partial charge on any atom is 0.416 e. The highest BCUT2D eigenvalue weighted by molar-refractivity contribution is 9.10. The van der Waals surface area contributed by atoms with Crippen molar-refractivity contribution in [2.75, 3.05) is 5.73 Å². The summed E-state index contributed by atoms with van der Waals surface area (Å²) in [6.45, 7) is 0. The van der Waals surface area contributed by atoms with E-state index < -0.39 is 11.7 Å². The Hall–Kier alpha value is -1.08. The van der Waals surface area contributed by atoms with Crippen LogP contribution in [0.5, 0.6) is 0 Å². The molecule has 0 radical (unpaired) electrons. The highest BCUT2D eigenvalue weighted by Gasteiger charge is 2.31. The molecular formula is C10H6BrF3N2S. The first-order valence-corrected chi connectivity index (χ1v) is 6.13. The summed E-state index contributed by atoms with van der Waals surface area (Å²) in [4.78, 5) is 3.95. The van der Waals surface area contributed by atoms with Gasteiger partial charge in [-0.05, 0) is 18.2 Å². The average Bonchev–Trinajstić information content (AvgIpc) is 2.62. The van der Waals surface area contributed by atoms with E-state index in [1.165, 1.54) is 11.3 Å². The van der Waals surface area contributed by atoms with Crippen LogP contribution in [0.1, 0.15) is 5.56 Å². The monoisotopic (exact) mass is 322 g/mol. The normalized spacial score (nSPS) is 11.8. The van der Waals surface area contributed by atoms with Crippen molar-refractivity contribution in [1.29, 1.82) is 0 Å². The minimum atomic E-state index is -4.37. The number of anilines is 1. The second kappa shape index (κ2) is 4.30. The molecule has 0 spiro atoms. The Morgan fingerprint density at radius 2 is 1.94 bits per heavy atom. The smallest absolute Gasteiger partial charge is 0.375 e. The van der Waals surface area contributed by atoms with E-state index >= 15 is 0 Å². The van der Waals surface area contributed by atoms with Gasteiger partial charge in [-0.1, -0.05) is 15.9 Å². The molecule has 0 atom stereocenters. The van der Waals surface area contributed by atoms with Gasteiger partial charge in [0.25, 0.3) is 0 Å². The van der Waals surface area contributed by atoms with Crippen molar-refractivity contribution in [1.82, 2.24) is 4.98 Å². The maximum absolute atomic E-state index is 12.6. The lowest BCUT2D eigenvalue weighted by atomic mass is 10.1. The van der Waals surface area contributed by atoms with Gasteiger partial charge in [0.1, 0.15) is 0 Å². The van der Waals surface area contributed by atoms with Gasteiger partial charge in [0.15, 0.2) is 5.13 Å². The van der Waals surface area contributed by atoms with E-state index in [4.69, 9.17) is 5.73 Å². The summed E-state index contributed by atoms with van der Waals surface area (Å²) in [6, 6.07) is 3.65. The van der Waals surface area contributed by atoms with Gasteiger partial charge in [0.2, 0.25) is 0 Å². The first-order valence-electron chi connectivity index (χ1n) is 4.45. The Kier molecular flexibility index (Phi) is 3.13. The second-order valence-electron chi connectivity index (χ2n) is 3.30. The molecule has 0 aliphatic heterocycles. The zero-order valence-corrected chi connectivity index (χ0v) is 10.7. The zero-order chi connectivity index (χ0) is 12.6. The first kappa shape index (κ1) is 12.4. The molecule has 2 aromatic rings. The molecule has 0 saturated carbocycles. The number of benzene rings is 1. The molecule has 0 bridgehead atoms. The lowest BCUT2D eigenvalue weighted by Gasteiger charge is -2.08. The predicted molar refractivity (Wildman–Crippen MR) is 64.7 cm³/mol. The van der Waals surface area contributed by atoms with Crippen LogP contribution in [0.3, 0.4) is 0 Å². The highest BCUT2D eigenvalue weighted by atomic mass is 79.9. The topological polar surface area (TPSA) is 38.9 Å². The molecular weight excluding hydrogens is 317 g/mol. The van der Waals surface area contributed by atoms with Crippen LogP contribution in [0, 0.1) is 0 Å². The predicted octanol–water partition coefficient (Wildman–Crippen LogP) is 4.17. The number of thiazole rings is 1. The van der Waals surface area contributed by atoms with Crippen LogP contribution in [-0.4, -0.2) is 4.98 Å². The summed E-state index contributed by atoms with van der Waals surface area (Å²) in [5, 5.41) is 1.95. The molecule has 0 saturated heterocycles. The van der Waals surface area contributed by atoms with Crippen molar-refractivity contribution >= 4 is 32.4 Å². The number of aromatic nitrogens is 1. The van der Waals surface area contributed by atoms with Gasteiger partial charge in [-0.25, -0.2) is 4.98 Å². The van der Waals surface area contributed by atoms with Gasteiger partial charge in [0, 0.05) is 15.4 Å². The molecule has 0 fully saturated rings. The highest BCUT2D eigenvalue weighted by Crippen LogP contribution is 2.35. The van der Waals surface area contributed by atoms with E-state index in [9.17, 15) is 13.2 Å². The largest absolute Gasteiger partial charge is 0.416 e. The molecule has 7 heteroatoms. The van der Waals surface area contributed by atoms with Gasteiger partial charge in [-0.15, -0.1) is 11.3 Å². The van der Waals surface area contributed by atoms with Crippen molar-refractivity contribution < 1.29 is 13.2 Å². The minimum absolute atomic E-state index is 0.327. The molecule has 1 aromatic heterocycles. The molecule has 1 heterocycles. The molecule has 17 heavy (non-hydrogen) atoms. The Labute approximate surface area is 107 Å². The van der Waals surface area contributed by atoms with E-state index in [-0.39, 0.29) is 0 Å². The fraction of sp³-hybridized carbons (Fsp3) is 0.100. The molecule has 90 valence electrons. The van der Waals surface area contributed by atoms with E-state index in [2.05, 4.69) is 20.9 Å². The number of nitrogens with zero attached hydrogens (tertiary/aromatic N) is 1. The first-order chi connectivity index (χ1) is 7.86. The van der Waals surface area contributed by atoms with E-state index in [1.54, 1.807) is 11.4 Å². The third-order valence-electron chi connectivity index (χ3n) is 2.04. The number of nitrogen functional groups attached to an aromatic ring is 1. The van der Waals surface area contributed by atoms with Gasteiger partial charge in [-0.3, -0.25) is 0 Å². The number of hydrogen-bond acceptors (Lipinski definition) is 3. The van der Waals surface area contributed by atoms with Gasteiger partial charge >= 0.3 is 6.18 Å². The minimum Gasteiger partial charge on any atom is -0.375 e. The van der Waals surface area contributed by atoms with Crippen LogP contribution in [0.4, 0.5) is 18.3 Å². The number of alkyl halides is 3. The van der Waals surface area contributed by atoms with Crippen LogP contribution >= 0.6 is 27.3 Å². The Balaban J connectivity index is 2.52. The fourth-order valence-electron chi connectivity index (χ4n) is 1.32. The standard InChI is InChI=1S/C10H6BrF3N2S/c11-7-2-5(8-4-17-9(15)16-8)1-6(3-7)10(12,13)14/h1-4H,(H2,15,16). The Morgan fingerprint density at radius 1 is 1.24 bits per heavy atom. The van der Waals surface area contributed by atoms with Crippen molar-refractivity contribution in [2.45, 2.75) is 6.18 Å². The molecule has 0 unspecified atom stereocenters. The van der Waals surface area contributed by atoms with E-state index in [0.717, 1.165) is 12.1 Å². The van der Waals surface area contributed by atoms with Gasteiger partial charge in [0.05, 0.1) is 11.3 Å². The lowest BCUT2D eigenvalue weighted by Crippen LogP contribution is -2.04. The van der Waals surface area contributed by atoms with E-state index in [0.29, 0.717) is 20.9 Å². The van der Waals surface area contributed by atoms with Crippen LogP contribution in [0.15, 0.2) is 28.1 Å². The summed E-state index contributed by atoms with van der Waals surface area (Å²) in [5.41, 5.74) is 5.57. The number of hydrogen-bond donors (Lipinski definition) is 1. The van der Waals surface area contributed by atoms with Gasteiger partial charge < -0.3 is 5.73 Å². The summed E-state index contributed by atoms with van der Waals surface area (Å²) in [7, 11) is 0. The molecule has 1 aromatic carbocycles. The third-order valence-corrected chi connectivity index (χ3v) is 3.17. The fourth-order valence-corrected chi connectivity index (χ4v) is 2.39. The van der Waals surface area contributed by atoms with Crippen LogP contribution in [0.2, 0.25) is 0 Å². The SMILES string of the molecule is Nc1nc(-c2cc(Br)cc(C(F)(F)F)c2)cs1. The molecule has 2 rings (SSSR count). The molecule has 0 aliphatic rings. The molecule has 2 nitrogen and oxygen atoms in total. The molecule has 2 N–H and O–H groups in total. The third kappa shape index (κ3) is 2.78. The number of rotatable bonds is 1. The van der Waals surface area contributed by atoms with Gasteiger partial charge in [-0.2, -0.15) is 13.2 Å². The van der Waals surface area contributed by atoms with Crippen LogP contribution in [0.25, 0.3) is 11.3 Å². The van der Waals surface area contributed by atoms with Crippen molar-refractivity contribution in [3.05, 3.63) is 33.6 Å². The number of nitrogens with two attached hydrogens (primary N) is 1. The summed E-state index contributed by atoms with van der Waals surface area (Å²) < 4.78 is 38.2. The van der Waals surface area contributed by atoms with E-state index in [1.807, 2.05) is 0 Å². The Morgan fingerprint density at radius 3 is 2.47 bits per heavy atom. The van der Waals surface area contributed by atoms with Crippen LogP contribution < -0.4 is 5.73 Å². The lowest BCUT2D eigenvalue weighted by molar-refractivity contribution is -0.137. The van der Waals surface area contributed by atoms with Crippen molar-refractivity contribution in [3.8, 4) is 11.3 Å². The van der Waals surface area contributed by atoms with Crippen molar-refractivity contribution in [3.63, 3.8) is 0 Å². The molecule has 0 amide bonds. The Bertz CT molecular complexity index is 551. The van der Waals surface area contributed by atoms with Crippen LogP contribution in [-0.2, 0) is 6.18 Å². The zero-order valence-electron chi connectivity index (χ0n) is 8.25. The quantitative estimate of drug-likeness (QED) is 0.855. The number of halogens is 4. The average molecular weight is 323 g/mol. The second-order valence-corrected chi connectivity index (χ2v) is 5.10. The van der Waals surface area contributed by atoms with Crippen molar-refractivity contribution in [2.24, 2.45) is 0 Å². The summed E-state index contributed by atoms with van der Waals surface area (Å²) >= 11 is 4.24. The molecule has 0 aliphatic carbocycles.